The molecule has 6 N–H and O–H groups in total. The van der Waals surface area contributed by atoms with Crippen LogP contribution < -0.4 is 16.4 Å². The van der Waals surface area contributed by atoms with E-state index in [4.69, 9.17) is 24.1 Å². The molecule has 0 fully saturated rings. The lowest BCUT2D eigenvalue weighted by Crippen LogP contribution is -2.52. The summed E-state index contributed by atoms with van der Waals surface area (Å²) in [6, 6.07) is 0. The molecule has 0 aromatic carbocycles. The third-order valence-corrected chi connectivity index (χ3v) is 8.99. The monoisotopic (exact) mass is 855 g/mol. The summed E-state index contributed by atoms with van der Waals surface area (Å²) < 4.78 is 55.9. The minimum atomic E-state index is -4.34. The minimum absolute atomic E-state index is 0.000325. The lowest BCUT2D eigenvalue weighted by atomic mass is 9.88. The van der Waals surface area contributed by atoms with Gasteiger partial charge in [-0.15, -0.1) is 0 Å². The van der Waals surface area contributed by atoms with Crippen LogP contribution in [0.15, 0.2) is 24.3 Å². The standard InChI is InChI=1S/C15H25NO6.C10H21NO4S.C8H16O3.C6H11NO2/c1-6-15(4,5)13(18)21-9-10-22-14(19)16-7-8-20-12(17)11(2)3;1-6-9(2,3)8(12)11-10(4,5)7-16(13,14)15;1-4-8(2,3)7(10)11-6-5-9;1-5(2)6(8)9-4-3-7/h2,6-10H2,1,3-5H3,(H,16,19);6-7H2,1-5H3,(H,11,12)(H,13,14,15);9H,4-6H2,1-3H3;1,3-4,7H2,2H3. The van der Waals surface area contributed by atoms with E-state index in [0.29, 0.717) is 37.1 Å². The van der Waals surface area contributed by atoms with E-state index in [1.54, 1.807) is 34.6 Å². The molecule has 0 radical (unpaired) electrons. The number of hydrogen-bond acceptors (Lipinski definition) is 15. The second-order valence-corrected chi connectivity index (χ2v) is 16.9. The molecule has 2 amide bonds. The molecule has 19 heteroatoms. The largest absolute Gasteiger partial charge is 0.748 e. The van der Waals surface area contributed by atoms with E-state index in [1.807, 2.05) is 34.6 Å². The Labute approximate surface area is 346 Å². The first kappa shape index (κ1) is 60.6. The van der Waals surface area contributed by atoms with E-state index in [-0.39, 0.29) is 63.4 Å². The number of amides is 2. The summed E-state index contributed by atoms with van der Waals surface area (Å²) in [4.78, 5) is 67.4. The SMILES string of the molecule is C=C(C)C(=O)OCCNC(=O)OCCOC(=O)C(C)(C)CC.C=C(C)C(=O)OCC[NH3+].CCC(C)(C)C(=O)NC(C)(C)CS(=O)(=O)[O-].CCC(C)(C)C(=O)OCCO. The number of rotatable bonds is 21. The van der Waals surface area contributed by atoms with Gasteiger partial charge in [0.1, 0.15) is 39.6 Å². The van der Waals surface area contributed by atoms with Crippen LogP contribution in [0.4, 0.5) is 4.79 Å². The van der Waals surface area contributed by atoms with Crippen LogP contribution in [0.3, 0.4) is 0 Å². The number of alkyl carbamates (subject to hydrolysis) is 1. The van der Waals surface area contributed by atoms with Gasteiger partial charge in [-0.1, -0.05) is 47.8 Å². The van der Waals surface area contributed by atoms with E-state index in [2.05, 4.69) is 34.3 Å². The van der Waals surface area contributed by atoms with Crippen LogP contribution in [-0.4, -0.2) is 118 Å². The van der Waals surface area contributed by atoms with Crippen molar-refractivity contribution in [3.05, 3.63) is 24.3 Å². The molecule has 0 bridgehead atoms. The molecule has 0 aromatic heterocycles. The first-order valence-corrected chi connectivity index (χ1v) is 20.5. The molecule has 0 saturated heterocycles. The molecule has 18 nitrogen and oxygen atoms in total. The molecule has 0 heterocycles. The van der Waals surface area contributed by atoms with Gasteiger partial charge in [0.15, 0.2) is 0 Å². The first-order valence-electron chi connectivity index (χ1n) is 18.9. The van der Waals surface area contributed by atoms with E-state index in [1.165, 1.54) is 20.8 Å². The van der Waals surface area contributed by atoms with Crippen molar-refractivity contribution in [3.8, 4) is 0 Å². The van der Waals surface area contributed by atoms with Crippen molar-refractivity contribution < 1.29 is 76.3 Å². The maximum absolute atomic E-state index is 11.8. The van der Waals surface area contributed by atoms with Crippen molar-refractivity contribution in [2.75, 3.05) is 58.5 Å². The van der Waals surface area contributed by atoms with Crippen LogP contribution in [0.2, 0.25) is 0 Å². The van der Waals surface area contributed by atoms with Gasteiger partial charge in [0, 0.05) is 22.1 Å². The van der Waals surface area contributed by atoms with Crippen molar-refractivity contribution in [1.29, 1.82) is 0 Å². The topological polar surface area (TPSA) is 278 Å². The second kappa shape index (κ2) is 30.0. The number of aliphatic hydroxyl groups excluding tert-OH is 1. The highest BCUT2D eigenvalue weighted by atomic mass is 32.2. The number of carbonyl (C=O) groups excluding carboxylic acids is 6. The zero-order valence-electron chi connectivity index (χ0n) is 37.2. The number of esters is 4. The fourth-order valence-corrected chi connectivity index (χ4v) is 3.92. The van der Waals surface area contributed by atoms with Crippen LogP contribution in [0.5, 0.6) is 0 Å². The summed E-state index contributed by atoms with van der Waals surface area (Å²) in [6.45, 7) is 30.6. The Bertz CT molecular complexity index is 1420. The van der Waals surface area contributed by atoms with Gasteiger partial charge in [0.2, 0.25) is 5.91 Å². The summed E-state index contributed by atoms with van der Waals surface area (Å²) in [5.74, 6) is -2.27. The Hall–Kier alpha value is -4.07. The first-order chi connectivity index (χ1) is 26.3. The van der Waals surface area contributed by atoms with E-state index < -0.39 is 49.7 Å². The van der Waals surface area contributed by atoms with Gasteiger partial charge >= 0.3 is 30.0 Å². The normalized spacial score (nSPS) is 11.2. The van der Waals surface area contributed by atoms with Crippen molar-refractivity contribution in [2.24, 2.45) is 16.2 Å². The summed E-state index contributed by atoms with van der Waals surface area (Å²) in [5, 5.41) is 13.4. The van der Waals surface area contributed by atoms with Crippen LogP contribution in [0.1, 0.15) is 109 Å². The highest BCUT2D eigenvalue weighted by molar-refractivity contribution is 7.85. The van der Waals surface area contributed by atoms with Gasteiger partial charge in [-0.3, -0.25) is 14.4 Å². The highest BCUT2D eigenvalue weighted by Crippen LogP contribution is 2.23. The van der Waals surface area contributed by atoms with Crippen LogP contribution in [-0.2, 0) is 57.8 Å². The number of nitrogens with one attached hydrogen (secondary N) is 2. The van der Waals surface area contributed by atoms with E-state index in [9.17, 15) is 41.7 Å². The van der Waals surface area contributed by atoms with Gasteiger partial charge in [-0.05, 0) is 74.7 Å². The van der Waals surface area contributed by atoms with Crippen LogP contribution in [0, 0.1) is 16.2 Å². The molecule has 0 atom stereocenters. The molecule has 0 aliphatic heterocycles. The smallest absolute Gasteiger partial charge is 0.407 e. The lowest BCUT2D eigenvalue weighted by molar-refractivity contribution is -0.372. The summed E-state index contributed by atoms with van der Waals surface area (Å²) in [7, 11) is -4.34. The van der Waals surface area contributed by atoms with Crippen molar-refractivity contribution in [2.45, 2.75) is 115 Å². The summed E-state index contributed by atoms with van der Waals surface area (Å²) in [5.41, 5.74) is 1.66. The molecule has 340 valence electrons. The maximum atomic E-state index is 11.8. The van der Waals surface area contributed by atoms with Gasteiger partial charge < -0.3 is 49.7 Å². The van der Waals surface area contributed by atoms with Gasteiger partial charge in [-0.25, -0.2) is 22.8 Å². The fraction of sp³-hybridized carbons (Fsp3) is 0.744. The molecular formula is C39H73N3O15S. The average molecular weight is 856 g/mol. The van der Waals surface area contributed by atoms with E-state index in [0.717, 1.165) is 6.42 Å². The molecule has 0 rings (SSSR count). The third kappa shape index (κ3) is 33.0. The van der Waals surface area contributed by atoms with Crippen LogP contribution in [0.25, 0.3) is 0 Å². The fourth-order valence-electron chi connectivity index (χ4n) is 2.96. The molecule has 0 spiro atoms. The Morgan fingerprint density at radius 2 is 1.05 bits per heavy atom. The summed E-state index contributed by atoms with van der Waals surface area (Å²) >= 11 is 0. The number of aliphatic hydroxyl groups is 1. The maximum Gasteiger partial charge on any atom is 0.407 e. The molecule has 58 heavy (non-hydrogen) atoms. The molecule has 0 aromatic rings. The van der Waals surface area contributed by atoms with E-state index >= 15 is 0 Å². The zero-order chi connectivity index (χ0) is 46.6. The number of carbonyl (C=O) groups is 6. The molecule has 0 aliphatic carbocycles. The molecular weight excluding hydrogens is 783 g/mol. The van der Waals surface area contributed by atoms with Gasteiger partial charge in [-0.2, -0.15) is 0 Å². The number of quaternary nitrogens is 1. The molecule has 0 saturated carbocycles. The van der Waals surface area contributed by atoms with Gasteiger partial charge in [0.25, 0.3) is 0 Å². The molecule has 0 aliphatic rings. The van der Waals surface area contributed by atoms with Crippen molar-refractivity contribution in [3.63, 3.8) is 0 Å². The average Bonchev–Trinajstić information content (AvgIpc) is 3.12. The predicted molar refractivity (Wildman–Crippen MR) is 217 cm³/mol. The third-order valence-electron chi connectivity index (χ3n) is 7.91. The Balaban J connectivity index is -0.000000355. The summed E-state index contributed by atoms with van der Waals surface area (Å²) in [6.07, 6.45) is 1.38. The Morgan fingerprint density at radius 1 is 0.655 bits per heavy atom. The number of hydrogen-bond donors (Lipinski definition) is 4. The van der Waals surface area contributed by atoms with Crippen LogP contribution >= 0.6 is 0 Å². The highest BCUT2D eigenvalue weighted by Gasteiger charge is 2.31. The minimum Gasteiger partial charge on any atom is -0.748 e. The van der Waals surface area contributed by atoms with Crippen molar-refractivity contribution in [1.82, 2.24) is 10.6 Å². The predicted octanol–water partition coefficient (Wildman–Crippen LogP) is 2.98. The Morgan fingerprint density at radius 3 is 1.41 bits per heavy atom. The lowest BCUT2D eigenvalue weighted by Gasteiger charge is -2.32. The molecule has 0 unspecified atom stereocenters. The quantitative estimate of drug-likeness (QED) is 0.0425. The number of ether oxygens (including phenoxy) is 5. The van der Waals surface area contributed by atoms with Crippen molar-refractivity contribution >= 4 is 46.0 Å². The Kier molecular flexibility index (Phi) is 31.4. The zero-order valence-corrected chi connectivity index (χ0v) is 38.0. The second-order valence-electron chi connectivity index (χ2n) is 15.5. The van der Waals surface area contributed by atoms with Gasteiger partial charge in [0.05, 0.1) is 39.9 Å².